The smallest absolute Gasteiger partial charge is 0.410 e. The lowest BCUT2D eigenvalue weighted by Crippen LogP contribution is -2.58. The molecule has 1 aliphatic rings. The van der Waals surface area contributed by atoms with E-state index in [9.17, 15) is 33.6 Å². The number of nitrogens with one attached hydrogen (secondary N) is 5. The zero-order valence-corrected chi connectivity index (χ0v) is 43.1. The molecule has 1 fully saturated rings. The van der Waals surface area contributed by atoms with Crippen LogP contribution in [-0.2, 0) is 41.7 Å². The van der Waals surface area contributed by atoms with E-state index < -0.39 is 36.2 Å². The van der Waals surface area contributed by atoms with Gasteiger partial charge in [0, 0.05) is 63.3 Å². The molecule has 2 aromatic carbocycles. The first kappa shape index (κ1) is 57.6. The fourth-order valence-electron chi connectivity index (χ4n) is 9.13. The molecular formula is C52H83N9O8. The number of likely N-dealkylation sites (N-methyl/N-ethyl adjacent to an activating group) is 3. The molecule has 8 amide bonds. The normalized spacial score (nSPS) is 16.6. The fourth-order valence-corrected chi connectivity index (χ4v) is 9.13. The number of primary amides is 1. The van der Waals surface area contributed by atoms with Gasteiger partial charge >= 0.3 is 12.1 Å². The Bertz CT molecular complexity index is 1970. The summed E-state index contributed by atoms with van der Waals surface area (Å²) in [5.41, 5.74) is 7.48. The van der Waals surface area contributed by atoms with Gasteiger partial charge in [-0.05, 0) is 99.9 Å². The third-order valence-electron chi connectivity index (χ3n) is 13.4. The molecule has 384 valence electrons. The molecule has 1 saturated heterocycles. The summed E-state index contributed by atoms with van der Waals surface area (Å²) < 4.78 is 5.63. The number of rotatable bonds is 27. The van der Waals surface area contributed by atoms with Crippen LogP contribution in [0.2, 0.25) is 0 Å². The van der Waals surface area contributed by atoms with Gasteiger partial charge < -0.3 is 46.9 Å². The molecule has 0 bridgehead atoms. The number of carbonyl (C=O) groups is 7. The van der Waals surface area contributed by atoms with Crippen molar-refractivity contribution in [3.8, 4) is 0 Å². The zero-order valence-electron chi connectivity index (χ0n) is 43.1. The first-order valence-electron chi connectivity index (χ1n) is 24.9. The van der Waals surface area contributed by atoms with Crippen molar-refractivity contribution in [3.63, 3.8) is 0 Å². The average Bonchev–Trinajstić information content (AvgIpc) is 3.77. The molecule has 8 atom stereocenters. The molecule has 0 saturated carbocycles. The summed E-state index contributed by atoms with van der Waals surface area (Å²) in [6.07, 6.45) is 4.82. The highest BCUT2D eigenvalue weighted by Crippen LogP contribution is 2.27. The Balaban J connectivity index is 1.58. The third-order valence-corrected chi connectivity index (χ3v) is 13.4. The van der Waals surface area contributed by atoms with Crippen molar-refractivity contribution in [2.24, 2.45) is 29.4 Å². The van der Waals surface area contributed by atoms with Gasteiger partial charge in [-0.25, -0.2) is 9.59 Å². The van der Waals surface area contributed by atoms with Crippen LogP contribution in [0.1, 0.15) is 118 Å². The molecule has 69 heavy (non-hydrogen) atoms. The number of amides is 8. The van der Waals surface area contributed by atoms with Crippen LogP contribution in [0, 0.1) is 23.7 Å². The molecule has 1 aliphatic heterocycles. The maximum absolute atomic E-state index is 14.4. The molecule has 17 heteroatoms. The van der Waals surface area contributed by atoms with E-state index in [0.717, 1.165) is 31.2 Å². The van der Waals surface area contributed by atoms with Gasteiger partial charge in [0.2, 0.25) is 29.5 Å². The van der Waals surface area contributed by atoms with Gasteiger partial charge in [0.15, 0.2) is 0 Å². The van der Waals surface area contributed by atoms with Gasteiger partial charge in [-0.3, -0.25) is 28.9 Å². The standard InChI is InChI=1S/C52H83N9O8/c1-12-35(6)43(26-27-44(62)61-29-17-20-41(61)30-36(7)47(63)56-37(8)31-38-18-14-13-15-19-38)59(10)50(66)45(33(2)3)58-49(65)46(34(4)5)60(11)52(68)69-32-39-22-24-40(25-23-39)57-48(64)42(54-9)21-16-28-55-51(53)67/h13-15,18-19,22-25,33-37,41-43,45-46,54H,12,16-17,20-21,26-32H2,1-11H3,(H,56,63)(H,57,64)(H,58,65)(H3,53,55,67)/t35-,36+,37+,41-,42-,43+,45?,46?/m0/s1. The van der Waals surface area contributed by atoms with Crippen LogP contribution in [0.5, 0.6) is 0 Å². The van der Waals surface area contributed by atoms with Crippen LogP contribution in [0.3, 0.4) is 0 Å². The van der Waals surface area contributed by atoms with Crippen molar-refractivity contribution >= 4 is 47.3 Å². The number of anilines is 1. The highest BCUT2D eigenvalue weighted by molar-refractivity contribution is 5.95. The molecule has 2 unspecified atom stereocenters. The van der Waals surface area contributed by atoms with Crippen LogP contribution in [0.25, 0.3) is 0 Å². The monoisotopic (exact) mass is 962 g/mol. The summed E-state index contributed by atoms with van der Waals surface area (Å²) in [7, 11) is 4.91. The minimum absolute atomic E-state index is 0.0121. The van der Waals surface area contributed by atoms with E-state index in [-0.39, 0.29) is 78.5 Å². The van der Waals surface area contributed by atoms with E-state index >= 15 is 0 Å². The van der Waals surface area contributed by atoms with Gasteiger partial charge in [0.25, 0.3) is 0 Å². The number of ether oxygens (including phenoxy) is 1. The van der Waals surface area contributed by atoms with E-state index in [1.165, 1.54) is 11.9 Å². The van der Waals surface area contributed by atoms with Crippen LogP contribution >= 0.6 is 0 Å². The number of carbonyl (C=O) groups excluding carboxylic acids is 7. The molecule has 17 nitrogen and oxygen atoms in total. The van der Waals surface area contributed by atoms with E-state index in [2.05, 4.69) is 52.6 Å². The highest BCUT2D eigenvalue weighted by atomic mass is 16.6. The molecule has 2 aromatic rings. The summed E-state index contributed by atoms with van der Waals surface area (Å²) in [5, 5.41) is 14.5. The van der Waals surface area contributed by atoms with Gasteiger partial charge in [-0.2, -0.15) is 0 Å². The zero-order chi connectivity index (χ0) is 51.4. The largest absolute Gasteiger partial charge is 0.445 e. The van der Waals surface area contributed by atoms with Crippen molar-refractivity contribution < 1.29 is 38.3 Å². The summed E-state index contributed by atoms with van der Waals surface area (Å²) in [6.45, 7) is 16.3. The quantitative estimate of drug-likeness (QED) is 0.0594. The summed E-state index contributed by atoms with van der Waals surface area (Å²) >= 11 is 0. The minimum Gasteiger partial charge on any atom is -0.445 e. The number of urea groups is 1. The van der Waals surface area contributed by atoms with Crippen molar-refractivity contribution in [3.05, 3.63) is 65.7 Å². The molecule has 0 aliphatic carbocycles. The summed E-state index contributed by atoms with van der Waals surface area (Å²) in [4.78, 5) is 97.6. The fraction of sp³-hybridized carbons (Fsp3) is 0.635. The Morgan fingerprint density at radius 3 is 2.07 bits per heavy atom. The Morgan fingerprint density at radius 1 is 0.812 bits per heavy atom. The van der Waals surface area contributed by atoms with Crippen molar-refractivity contribution in [2.75, 3.05) is 39.5 Å². The number of nitrogens with zero attached hydrogens (tertiary/aromatic N) is 3. The molecule has 0 aromatic heterocycles. The van der Waals surface area contributed by atoms with Gasteiger partial charge in [0.05, 0.1) is 6.04 Å². The van der Waals surface area contributed by atoms with Crippen LogP contribution in [-0.4, -0.2) is 127 Å². The number of benzene rings is 2. The minimum atomic E-state index is -0.955. The molecule has 1 heterocycles. The van der Waals surface area contributed by atoms with E-state index in [4.69, 9.17) is 10.5 Å². The first-order chi connectivity index (χ1) is 32.7. The number of nitrogens with two attached hydrogens (primary N) is 1. The molecule has 7 N–H and O–H groups in total. The van der Waals surface area contributed by atoms with Gasteiger partial charge in [-0.15, -0.1) is 0 Å². The Hall–Kier alpha value is -5.71. The Labute approximate surface area is 411 Å². The van der Waals surface area contributed by atoms with E-state index in [1.54, 1.807) is 43.3 Å². The van der Waals surface area contributed by atoms with Crippen molar-refractivity contribution in [1.82, 2.24) is 36.0 Å². The predicted octanol–water partition coefficient (Wildman–Crippen LogP) is 5.81. The first-order valence-corrected chi connectivity index (χ1v) is 24.9. The van der Waals surface area contributed by atoms with Crippen molar-refractivity contribution in [1.29, 1.82) is 0 Å². The lowest BCUT2D eigenvalue weighted by Gasteiger charge is -2.37. The second-order valence-electron chi connectivity index (χ2n) is 19.6. The average molecular weight is 962 g/mol. The maximum Gasteiger partial charge on any atom is 0.410 e. The molecule has 3 rings (SSSR count). The van der Waals surface area contributed by atoms with Crippen molar-refractivity contribution in [2.45, 2.75) is 156 Å². The lowest BCUT2D eigenvalue weighted by molar-refractivity contribution is -0.141. The molecule has 0 spiro atoms. The van der Waals surface area contributed by atoms with Crippen LogP contribution < -0.4 is 32.3 Å². The number of hydrogen-bond donors (Lipinski definition) is 6. The topological polar surface area (TPSA) is 225 Å². The number of likely N-dealkylation sites (tertiary alicyclic amines) is 1. The van der Waals surface area contributed by atoms with E-state index in [0.29, 0.717) is 50.0 Å². The number of hydrogen-bond acceptors (Lipinski definition) is 9. The maximum atomic E-state index is 14.4. The summed E-state index contributed by atoms with van der Waals surface area (Å²) in [6, 6.07) is 13.6. The van der Waals surface area contributed by atoms with Gasteiger partial charge in [-0.1, -0.05) is 97.4 Å². The van der Waals surface area contributed by atoms with Crippen LogP contribution in [0.15, 0.2) is 54.6 Å². The molecular weight excluding hydrogens is 879 g/mol. The second-order valence-corrected chi connectivity index (χ2v) is 19.6. The highest BCUT2D eigenvalue weighted by Gasteiger charge is 2.38. The third kappa shape index (κ3) is 18.3. The Morgan fingerprint density at radius 2 is 1.48 bits per heavy atom. The van der Waals surface area contributed by atoms with E-state index in [1.807, 2.05) is 64.6 Å². The predicted molar refractivity (Wildman–Crippen MR) is 270 cm³/mol. The Kier molecular flexibility index (Phi) is 24.0. The summed E-state index contributed by atoms with van der Waals surface area (Å²) in [5.74, 6) is -1.82. The molecule has 0 radical (unpaired) electrons. The SMILES string of the molecule is CC[C@H](C)[C@@H](CCC(=O)N1CCC[C@H]1C[C@@H](C)C(=O)N[C@H](C)Cc1ccccc1)N(C)C(=O)C(NC(=O)C(C(C)C)N(C)C(=O)OCc1ccc(NC(=O)[C@H](CCCNC(N)=O)NC)cc1)C(C)C. The van der Waals surface area contributed by atoms with Gasteiger partial charge in [0.1, 0.15) is 18.7 Å². The van der Waals surface area contributed by atoms with Crippen LogP contribution in [0.4, 0.5) is 15.3 Å². The second kappa shape index (κ2) is 28.7. The lowest BCUT2D eigenvalue weighted by atomic mass is 9.91.